The molecule has 2 heterocycles. The summed E-state index contributed by atoms with van der Waals surface area (Å²) in [5, 5.41) is 0.906. The number of carbonyl (C=O) groups excluding carboxylic acids is 2. The Bertz CT molecular complexity index is 1100. The fraction of sp³-hybridized carbons (Fsp3) is 0.200. The van der Waals surface area contributed by atoms with Gasteiger partial charge in [-0.2, -0.15) is 0 Å². The molecule has 0 N–H and O–H groups in total. The first-order valence-electron chi connectivity index (χ1n) is 8.53. The Morgan fingerprint density at radius 1 is 1.25 bits per heavy atom. The molecular formula is C20H16ClFN2O3S. The Hall–Kier alpha value is -2.64. The quantitative estimate of drug-likeness (QED) is 0.627. The Morgan fingerprint density at radius 3 is 2.75 bits per heavy atom. The van der Waals surface area contributed by atoms with Crippen LogP contribution in [0.3, 0.4) is 0 Å². The van der Waals surface area contributed by atoms with E-state index in [4.69, 9.17) is 16.3 Å². The van der Waals surface area contributed by atoms with Gasteiger partial charge in [-0.05, 0) is 30.3 Å². The number of likely N-dealkylation sites (N-methyl/N-ethyl adjacent to an activating group) is 1. The first-order valence-corrected chi connectivity index (χ1v) is 9.72. The third kappa shape index (κ3) is 3.10. The zero-order valence-corrected chi connectivity index (χ0v) is 16.7. The number of ether oxygens (including phenoxy) is 1. The van der Waals surface area contributed by atoms with Gasteiger partial charge in [-0.1, -0.05) is 23.7 Å². The first-order chi connectivity index (χ1) is 13.4. The first kappa shape index (κ1) is 18.7. The summed E-state index contributed by atoms with van der Waals surface area (Å²) < 4.78 is 20.0. The second kappa shape index (κ2) is 7.07. The second-order valence-corrected chi connectivity index (χ2v) is 8.04. The maximum Gasteiger partial charge on any atom is 0.270 e. The largest absolute Gasteiger partial charge is 0.476 e. The predicted octanol–water partition coefficient (Wildman–Crippen LogP) is 4.19. The molecule has 144 valence electrons. The van der Waals surface area contributed by atoms with Crippen molar-refractivity contribution in [3.8, 4) is 5.75 Å². The van der Waals surface area contributed by atoms with E-state index in [1.165, 1.54) is 21.9 Å². The number of rotatable bonds is 2. The van der Waals surface area contributed by atoms with E-state index in [2.05, 4.69) is 0 Å². The number of hydrogen-bond donors (Lipinski definition) is 0. The number of benzene rings is 2. The molecule has 1 aromatic heterocycles. The molecule has 8 heteroatoms. The van der Waals surface area contributed by atoms with Crippen molar-refractivity contribution in [2.45, 2.75) is 6.10 Å². The van der Waals surface area contributed by atoms with Gasteiger partial charge in [-0.3, -0.25) is 14.5 Å². The van der Waals surface area contributed by atoms with Gasteiger partial charge in [0.25, 0.3) is 11.8 Å². The van der Waals surface area contributed by atoms with E-state index in [0.717, 1.165) is 11.3 Å². The van der Waals surface area contributed by atoms with E-state index < -0.39 is 11.9 Å². The van der Waals surface area contributed by atoms with Crippen LogP contribution in [0.25, 0.3) is 10.1 Å². The molecule has 5 nitrogen and oxygen atoms in total. The molecule has 0 saturated carbocycles. The average Bonchev–Trinajstić information content (AvgIpc) is 3.01. The molecule has 2 aromatic carbocycles. The van der Waals surface area contributed by atoms with Crippen molar-refractivity contribution >= 4 is 50.5 Å². The molecule has 1 atom stereocenters. The fourth-order valence-corrected chi connectivity index (χ4v) is 4.63. The molecule has 0 spiro atoms. The van der Waals surface area contributed by atoms with Gasteiger partial charge < -0.3 is 9.64 Å². The van der Waals surface area contributed by atoms with Crippen LogP contribution in [-0.2, 0) is 4.79 Å². The van der Waals surface area contributed by atoms with Crippen LogP contribution in [0.2, 0.25) is 5.02 Å². The molecule has 1 aliphatic heterocycles. The summed E-state index contributed by atoms with van der Waals surface area (Å²) in [6.07, 6.45) is -0.820. The highest BCUT2D eigenvalue weighted by Gasteiger charge is 2.36. The van der Waals surface area contributed by atoms with Crippen LogP contribution in [0.5, 0.6) is 5.75 Å². The summed E-state index contributed by atoms with van der Waals surface area (Å²) >= 11 is 7.57. The minimum absolute atomic E-state index is 0.0613. The van der Waals surface area contributed by atoms with Crippen molar-refractivity contribution in [1.82, 2.24) is 4.90 Å². The monoisotopic (exact) mass is 418 g/mol. The van der Waals surface area contributed by atoms with E-state index in [-0.39, 0.29) is 23.4 Å². The zero-order chi connectivity index (χ0) is 20.0. The number of carbonyl (C=O) groups is 2. The number of fused-ring (bicyclic) bond motifs is 2. The molecule has 0 radical (unpaired) electrons. The van der Waals surface area contributed by atoms with Crippen LogP contribution in [0.4, 0.5) is 10.1 Å². The van der Waals surface area contributed by atoms with Gasteiger partial charge in [-0.25, -0.2) is 4.39 Å². The highest BCUT2D eigenvalue weighted by Crippen LogP contribution is 2.40. The van der Waals surface area contributed by atoms with Crippen molar-refractivity contribution in [2.75, 3.05) is 25.5 Å². The molecule has 0 fully saturated rings. The molecule has 0 aliphatic carbocycles. The highest BCUT2D eigenvalue weighted by atomic mass is 35.5. The van der Waals surface area contributed by atoms with E-state index in [1.54, 1.807) is 44.4 Å². The minimum atomic E-state index is -0.820. The van der Waals surface area contributed by atoms with Crippen LogP contribution >= 0.6 is 22.9 Å². The molecule has 0 saturated heterocycles. The maximum absolute atomic E-state index is 13.6. The standard InChI is InChI=1S/C20H16ClFN2O3S/c1-23(2)19(25)15-10-24(13-5-3-4-6-14(13)27-15)20(26)18-17(21)12-8-7-11(22)9-16(12)28-18/h3-9,15H,10H2,1-2H3/t15-/m0/s1. The van der Waals surface area contributed by atoms with Gasteiger partial charge in [-0.15, -0.1) is 11.3 Å². The predicted molar refractivity (Wildman–Crippen MR) is 108 cm³/mol. The van der Waals surface area contributed by atoms with E-state index >= 15 is 0 Å². The fourth-order valence-electron chi connectivity index (χ4n) is 3.14. The lowest BCUT2D eigenvalue weighted by atomic mass is 10.1. The summed E-state index contributed by atoms with van der Waals surface area (Å²) in [6.45, 7) is 0.0613. The average molecular weight is 419 g/mol. The second-order valence-electron chi connectivity index (χ2n) is 6.61. The number of para-hydroxylation sites is 2. The molecular weight excluding hydrogens is 403 g/mol. The lowest BCUT2D eigenvalue weighted by Crippen LogP contribution is -2.50. The van der Waals surface area contributed by atoms with Gasteiger partial charge in [0, 0.05) is 24.2 Å². The normalized spacial score (nSPS) is 15.9. The highest BCUT2D eigenvalue weighted by molar-refractivity contribution is 7.21. The Balaban J connectivity index is 1.77. The van der Waals surface area contributed by atoms with Gasteiger partial charge in [0.1, 0.15) is 16.4 Å². The van der Waals surface area contributed by atoms with Crippen LogP contribution in [-0.4, -0.2) is 43.5 Å². The van der Waals surface area contributed by atoms with Crippen LogP contribution in [0.1, 0.15) is 9.67 Å². The Labute approximate surface area is 169 Å². The van der Waals surface area contributed by atoms with Gasteiger partial charge >= 0.3 is 0 Å². The van der Waals surface area contributed by atoms with Crippen molar-refractivity contribution in [3.05, 3.63) is 58.2 Å². The van der Waals surface area contributed by atoms with Crippen LogP contribution in [0.15, 0.2) is 42.5 Å². The van der Waals surface area contributed by atoms with E-state index in [0.29, 0.717) is 26.4 Å². The van der Waals surface area contributed by atoms with Crippen molar-refractivity contribution in [3.63, 3.8) is 0 Å². The lowest BCUT2D eigenvalue weighted by molar-refractivity contribution is -0.135. The number of anilines is 1. The molecule has 3 aromatic rings. The number of amides is 2. The summed E-state index contributed by atoms with van der Waals surface area (Å²) in [4.78, 5) is 29.0. The zero-order valence-electron chi connectivity index (χ0n) is 15.1. The number of hydrogen-bond acceptors (Lipinski definition) is 4. The summed E-state index contributed by atoms with van der Waals surface area (Å²) in [5.74, 6) is -0.529. The van der Waals surface area contributed by atoms with Crippen molar-refractivity contribution in [2.24, 2.45) is 0 Å². The summed E-state index contributed by atoms with van der Waals surface area (Å²) in [6, 6.07) is 11.3. The third-order valence-corrected chi connectivity index (χ3v) is 6.17. The molecule has 0 unspecified atom stereocenters. The smallest absolute Gasteiger partial charge is 0.270 e. The van der Waals surface area contributed by atoms with Gasteiger partial charge in [0.05, 0.1) is 17.3 Å². The molecule has 28 heavy (non-hydrogen) atoms. The van der Waals surface area contributed by atoms with E-state index in [9.17, 15) is 14.0 Å². The number of halogens is 2. The lowest BCUT2D eigenvalue weighted by Gasteiger charge is -2.35. The van der Waals surface area contributed by atoms with Crippen LogP contribution in [0, 0.1) is 5.82 Å². The Morgan fingerprint density at radius 2 is 2.00 bits per heavy atom. The maximum atomic E-state index is 13.6. The number of thiophene rings is 1. The van der Waals surface area contributed by atoms with Crippen molar-refractivity contribution < 1.29 is 18.7 Å². The van der Waals surface area contributed by atoms with E-state index in [1.807, 2.05) is 0 Å². The molecule has 0 bridgehead atoms. The summed E-state index contributed by atoms with van der Waals surface area (Å²) in [7, 11) is 3.27. The van der Waals surface area contributed by atoms with Gasteiger partial charge in [0.15, 0.2) is 6.10 Å². The SMILES string of the molecule is CN(C)C(=O)[C@@H]1CN(C(=O)c2sc3cc(F)ccc3c2Cl)c2ccccc2O1. The molecule has 2 amide bonds. The summed E-state index contributed by atoms with van der Waals surface area (Å²) in [5.41, 5.74) is 0.565. The topological polar surface area (TPSA) is 49.9 Å². The third-order valence-electron chi connectivity index (χ3n) is 4.52. The van der Waals surface area contributed by atoms with Crippen molar-refractivity contribution in [1.29, 1.82) is 0 Å². The number of nitrogens with zero attached hydrogens (tertiary/aromatic N) is 2. The Kier molecular flexibility index (Phi) is 4.72. The minimum Gasteiger partial charge on any atom is -0.476 e. The van der Waals surface area contributed by atoms with Gasteiger partial charge in [0.2, 0.25) is 0 Å². The molecule has 1 aliphatic rings. The molecule has 4 rings (SSSR count). The van der Waals surface area contributed by atoms with Crippen LogP contribution < -0.4 is 9.64 Å².